The molecule has 0 fully saturated rings. The zero-order valence-corrected chi connectivity index (χ0v) is 11.6. The second kappa shape index (κ2) is 7.31. The van der Waals surface area contributed by atoms with Gasteiger partial charge < -0.3 is 19.5 Å². The van der Waals surface area contributed by atoms with Crippen LogP contribution in [0.25, 0.3) is 0 Å². The molecule has 5 heteroatoms. The molecule has 0 saturated heterocycles. The lowest BCUT2D eigenvalue weighted by Gasteiger charge is -2.24. The molecular formula is C13H22N2O3. The van der Waals surface area contributed by atoms with Crippen molar-refractivity contribution in [2.24, 2.45) is 0 Å². The first kappa shape index (κ1) is 14.9. The number of hydrogen-bond acceptors (Lipinski definition) is 5. The topological polar surface area (TPSA) is 52.6 Å². The Labute approximate surface area is 108 Å². The minimum Gasteiger partial charge on any atom is -0.489 e. The lowest BCUT2D eigenvalue weighted by Crippen LogP contribution is -2.32. The molecule has 1 N–H and O–H groups in total. The number of hydrogen-bond donors (Lipinski definition) is 1. The fourth-order valence-electron chi connectivity index (χ4n) is 1.77. The molecule has 102 valence electrons. The highest BCUT2D eigenvalue weighted by atomic mass is 16.7. The average Bonchev–Trinajstić information content (AvgIpc) is 2.35. The maximum absolute atomic E-state index is 5.62. The summed E-state index contributed by atoms with van der Waals surface area (Å²) in [6, 6.07) is 1.85. The number of nitrogens with zero attached hydrogens (tertiary/aromatic N) is 1. The summed E-state index contributed by atoms with van der Waals surface area (Å²) in [5.74, 6) is 0.744. The maximum atomic E-state index is 5.62. The van der Waals surface area contributed by atoms with Gasteiger partial charge in [-0.2, -0.15) is 0 Å². The zero-order valence-electron chi connectivity index (χ0n) is 11.6. The molecule has 0 aliphatic rings. The highest BCUT2D eigenvalue weighted by Gasteiger charge is 2.21. The minimum atomic E-state index is -0.369. The van der Waals surface area contributed by atoms with Crippen LogP contribution in [0.15, 0.2) is 18.5 Å². The highest BCUT2D eigenvalue weighted by molar-refractivity contribution is 5.26. The molecule has 0 amide bonds. The van der Waals surface area contributed by atoms with Gasteiger partial charge in [0.25, 0.3) is 0 Å². The van der Waals surface area contributed by atoms with Gasteiger partial charge in [0.05, 0.1) is 18.3 Å². The number of methoxy groups -OCH3 is 2. The van der Waals surface area contributed by atoms with E-state index in [1.54, 1.807) is 26.6 Å². The van der Waals surface area contributed by atoms with Crippen LogP contribution in [0.1, 0.15) is 25.5 Å². The molecule has 0 aliphatic heterocycles. The Kier molecular flexibility index (Phi) is 6.04. The summed E-state index contributed by atoms with van der Waals surface area (Å²) in [7, 11) is 5.08. The molecule has 0 aromatic carbocycles. The Morgan fingerprint density at radius 1 is 1.17 bits per heavy atom. The smallest absolute Gasteiger partial charge is 0.176 e. The Bertz CT molecular complexity index is 354. The van der Waals surface area contributed by atoms with Crippen LogP contribution in [-0.2, 0) is 9.47 Å². The molecule has 0 radical (unpaired) electrons. The van der Waals surface area contributed by atoms with Crippen molar-refractivity contribution in [2.75, 3.05) is 21.3 Å². The lowest BCUT2D eigenvalue weighted by atomic mass is 10.1. The SMILES string of the molecule is CNC(c1cncc(OC(C)C)c1)C(OC)OC. The molecule has 1 atom stereocenters. The van der Waals surface area contributed by atoms with E-state index < -0.39 is 0 Å². The third-order valence-corrected chi connectivity index (χ3v) is 2.51. The van der Waals surface area contributed by atoms with Crippen molar-refractivity contribution in [3.63, 3.8) is 0 Å². The van der Waals surface area contributed by atoms with Crippen molar-refractivity contribution in [3.05, 3.63) is 24.0 Å². The molecule has 5 nitrogen and oxygen atoms in total. The van der Waals surface area contributed by atoms with Gasteiger partial charge in [0, 0.05) is 20.4 Å². The number of ether oxygens (including phenoxy) is 3. The molecule has 1 rings (SSSR count). The van der Waals surface area contributed by atoms with Crippen LogP contribution >= 0.6 is 0 Å². The van der Waals surface area contributed by atoms with Crippen LogP contribution in [0, 0.1) is 0 Å². The van der Waals surface area contributed by atoms with Crippen molar-refractivity contribution < 1.29 is 14.2 Å². The summed E-state index contributed by atoms with van der Waals surface area (Å²) in [5, 5.41) is 3.16. The molecule has 1 unspecified atom stereocenters. The number of pyridine rings is 1. The molecule has 0 bridgehead atoms. The van der Waals surface area contributed by atoms with Gasteiger partial charge in [-0.3, -0.25) is 4.98 Å². The summed E-state index contributed by atoms with van der Waals surface area (Å²) in [6.07, 6.45) is 3.23. The van der Waals surface area contributed by atoms with Crippen molar-refractivity contribution >= 4 is 0 Å². The average molecular weight is 254 g/mol. The normalized spacial score (nSPS) is 13.1. The van der Waals surface area contributed by atoms with Gasteiger partial charge in [-0.05, 0) is 32.5 Å². The molecule has 1 aromatic rings. The molecule has 0 aliphatic carbocycles. The van der Waals surface area contributed by atoms with Crippen molar-refractivity contribution in [2.45, 2.75) is 32.3 Å². The van der Waals surface area contributed by atoms with Crippen LogP contribution in [-0.4, -0.2) is 38.6 Å². The predicted molar refractivity (Wildman–Crippen MR) is 69.6 cm³/mol. The molecule has 1 aromatic heterocycles. The number of aromatic nitrogens is 1. The van der Waals surface area contributed by atoms with E-state index in [2.05, 4.69) is 10.3 Å². The van der Waals surface area contributed by atoms with Crippen LogP contribution in [0.3, 0.4) is 0 Å². The largest absolute Gasteiger partial charge is 0.489 e. The Hall–Kier alpha value is -1.17. The Morgan fingerprint density at radius 3 is 2.33 bits per heavy atom. The van der Waals surface area contributed by atoms with E-state index in [1.165, 1.54) is 0 Å². The van der Waals surface area contributed by atoms with E-state index in [1.807, 2.05) is 27.0 Å². The number of nitrogens with one attached hydrogen (secondary N) is 1. The van der Waals surface area contributed by atoms with E-state index in [4.69, 9.17) is 14.2 Å². The third kappa shape index (κ3) is 3.94. The van der Waals surface area contributed by atoms with Crippen LogP contribution in [0.4, 0.5) is 0 Å². The monoisotopic (exact) mass is 254 g/mol. The van der Waals surface area contributed by atoms with Gasteiger partial charge in [-0.15, -0.1) is 0 Å². The summed E-state index contributed by atoms with van der Waals surface area (Å²) in [6.45, 7) is 3.96. The molecule has 1 heterocycles. The first-order valence-electron chi connectivity index (χ1n) is 5.96. The molecule has 18 heavy (non-hydrogen) atoms. The van der Waals surface area contributed by atoms with Gasteiger partial charge in [-0.25, -0.2) is 0 Å². The van der Waals surface area contributed by atoms with E-state index in [0.29, 0.717) is 0 Å². The van der Waals surface area contributed by atoms with E-state index in [9.17, 15) is 0 Å². The molecular weight excluding hydrogens is 232 g/mol. The van der Waals surface area contributed by atoms with Crippen molar-refractivity contribution in [1.82, 2.24) is 10.3 Å². The standard InChI is InChI=1S/C13H22N2O3/c1-9(2)18-11-6-10(7-15-8-11)12(14-3)13(16-4)17-5/h6-9,12-14H,1-5H3. The van der Waals surface area contributed by atoms with Gasteiger partial charge >= 0.3 is 0 Å². The fraction of sp³-hybridized carbons (Fsp3) is 0.615. The van der Waals surface area contributed by atoms with Gasteiger partial charge in [0.2, 0.25) is 0 Å². The van der Waals surface area contributed by atoms with Crippen LogP contribution < -0.4 is 10.1 Å². The predicted octanol–water partition coefficient (Wildman–Crippen LogP) is 1.75. The fourth-order valence-corrected chi connectivity index (χ4v) is 1.77. The lowest BCUT2D eigenvalue weighted by molar-refractivity contribution is -0.123. The Morgan fingerprint density at radius 2 is 1.83 bits per heavy atom. The molecule has 0 spiro atoms. The summed E-state index contributed by atoms with van der Waals surface area (Å²) in [5.41, 5.74) is 0.962. The highest BCUT2D eigenvalue weighted by Crippen LogP contribution is 2.22. The zero-order chi connectivity index (χ0) is 13.5. The summed E-state index contributed by atoms with van der Waals surface area (Å²) < 4.78 is 16.2. The first-order valence-corrected chi connectivity index (χ1v) is 5.96. The third-order valence-electron chi connectivity index (χ3n) is 2.51. The van der Waals surface area contributed by atoms with Gasteiger partial charge in [-0.1, -0.05) is 0 Å². The van der Waals surface area contributed by atoms with Crippen molar-refractivity contribution in [1.29, 1.82) is 0 Å². The van der Waals surface area contributed by atoms with Crippen molar-refractivity contribution in [3.8, 4) is 5.75 Å². The summed E-state index contributed by atoms with van der Waals surface area (Å²) in [4.78, 5) is 4.18. The maximum Gasteiger partial charge on any atom is 0.176 e. The van der Waals surface area contributed by atoms with E-state index in [0.717, 1.165) is 11.3 Å². The summed E-state index contributed by atoms with van der Waals surface area (Å²) >= 11 is 0. The number of rotatable bonds is 7. The van der Waals surface area contributed by atoms with Gasteiger partial charge in [0.1, 0.15) is 5.75 Å². The van der Waals surface area contributed by atoms with E-state index >= 15 is 0 Å². The Balaban J connectivity index is 2.91. The van der Waals surface area contributed by atoms with Gasteiger partial charge in [0.15, 0.2) is 6.29 Å². The van der Waals surface area contributed by atoms with E-state index in [-0.39, 0.29) is 18.4 Å². The second-order valence-electron chi connectivity index (χ2n) is 4.23. The minimum absolute atomic E-state index is 0.0942. The quantitative estimate of drug-likeness (QED) is 0.751. The van der Waals surface area contributed by atoms with Crippen LogP contribution in [0.2, 0.25) is 0 Å². The number of likely N-dealkylation sites (N-methyl/N-ethyl adjacent to an activating group) is 1. The van der Waals surface area contributed by atoms with Crippen LogP contribution in [0.5, 0.6) is 5.75 Å². The second-order valence-corrected chi connectivity index (χ2v) is 4.23. The first-order chi connectivity index (χ1) is 8.62. The molecule has 0 saturated carbocycles.